The number of carboxylic acid groups (broad SMARTS) is 1. The fraction of sp³-hybridized carbons (Fsp3) is 0.400. The van der Waals surface area contributed by atoms with Crippen LogP contribution < -0.4 is 10.2 Å². The Kier molecular flexibility index (Phi) is 6.19. The topological polar surface area (TPSA) is 91.5 Å². The number of nitrogens with zero attached hydrogens (tertiary/aromatic N) is 3. The summed E-state index contributed by atoms with van der Waals surface area (Å²) in [7, 11) is 0. The molecule has 5 rings (SSSR count). The van der Waals surface area contributed by atoms with Crippen LogP contribution in [0.1, 0.15) is 36.8 Å². The summed E-state index contributed by atoms with van der Waals surface area (Å²) in [5, 5.41) is 16.2. The van der Waals surface area contributed by atoms with Crippen LogP contribution in [-0.2, 0) is 17.5 Å². The van der Waals surface area contributed by atoms with E-state index in [1.165, 1.54) is 12.1 Å². The number of aliphatic carboxylic acids is 1. The lowest BCUT2D eigenvalue weighted by molar-refractivity contribution is -0.141. The Hall–Kier alpha value is -3.47. The molecule has 36 heavy (non-hydrogen) atoms. The van der Waals surface area contributed by atoms with Crippen LogP contribution in [0.25, 0.3) is 22.8 Å². The van der Waals surface area contributed by atoms with Gasteiger partial charge in [-0.25, -0.2) is 4.39 Å². The second-order valence-electron chi connectivity index (χ2n) is 9.25. The normalized spacial score (nSPS) is 17.8. The van der Waals surface area contributed by atoms with Crippen molar-refractivity contribution in [3.8, 4) is 22.8 Å². The van der Waals surface area contributed by atoms with Gasteiger partial charge in [0.25, 0.3) is 5.89 Å². The van der Waals surface area contributed by atoms with Gasteiger partial charge < -0.3 is 14.5 Å². The van der Waals surface area contributed by atoms with E-state index in [-0.39, 0.29) is 48.9 Å². The predicted octanol–water partition coefficient (Wildman–Crippen LogP) is 5.07. The number of piperidine rings is 1. The molecule has 1 saturated heterocycles. The molecule has 1 saturated carbocycles. The molecular formula is C25H24F4N4O3. The van der Waals surface area contributed by atoms with E-state index in [0.717, 1.165) is 11.6 Å². The van der Waals surface area contributed by atoms with Crippen LogP contribution in [0.3, 0.4) is 0 Å². The van der Waals surface area contributed by atoms with Crippen molar-refractivity contribution in [1.29, 1.82) is 0 Å². The Bertz CT molecular complexity index is 1250. The van der Waals surface area contributed by atoms with Gasteiger partial charge in [0.2, 0.25) is 5.82 Å². The monoisotopic (exact) mass is 504 g/mol. The molecule has 1 aliphatic heterocycles. The number of anilines is 1. The zero-order valence-corrected chi connectivity index (χ0v) is 19.2. The van der Waals surface area contributed by atoms with Crippen molar-refractivity contribution in [3.63, 3.8) is 0 Å². The third-order valence-electron chi connectivity index (χ3n) is 6.74. The second kappa shape index (κ2) is 9.20. The number of hydrogen-bond donors (Lipinski definition) is 2. The first-order valence-electron chi connectivity index (χ1n) is 11.7. The Morgan fingerprint density at radius 2 is 1.78 bits per heavy atom. The van der Waals surface area contributed by atoms with E-state index in [1.807, 2.05) is 0 Å². The molecule has 0 unspecified atom stereocenters. The Labute approximate surface area is 204 Å². The maximum absolute atomic E-state index is 13.9. The van der Waals surface area contributed by atoms with Crippen LogP contribution in [0.2, 0.25) is 0 Å². The highest BCUT2D eigenvalue weighted by Crippen LogP contribution is 2.40. The number of carboxylic acids is 1. The summed E-state index contributed by atoms with van der Waals surface area (Å²) in [6, 6.07) is 10.9. The third-order valence-corrected chi connectivity index (χ3v) is 6.74. The smallest absolute Gasteiger partial charge is 0.418 e. The van der Waals surface area contributed by atoms with Crippen LogP contribution >= 0.6 is 0 Å². The Morgan fingerprint density at radius 1 is 1.11 bits per heavy atom. The molecule has 2 N–H and O–H groups in total. The molecule has 0 bridgehead atoms. The highest BCUT2D eigenvalue weighted by atomic mass is 19.4. The maximum Gasteiger partial charge on any atom is 0.418 e. The molecule has 2 aliphatic rings. The number of benzene rings is 2. The van der Waals surface area contributed by atoms with Gasteiger partial charge in [-0.1, -0.05) is 17.3 Å². The van der Waals surface area contributed by atoms with Crippen LogP contribution in [0, 0.1) is 0 Å². The summed E-state index contributed by atoms with van der Waals surface area (Å²) in [6.07, 6.45) is -4.01. The maximum atomic E-state index is 13.9. The van der Waals surface area contributed by atoms with Gasteiger partial charge in [0, 0.05) is 36.4 Å². The molecule has 0 radical (unpaired) electrons. The molecule has 2 aromatic carbocycles. The Morgan fingerprint density at radius 3 is 2.39 bits per heavy atom. The standard InChI is InChI=1S/C25H24F4N4O3/c26-18-7-11-33(12-8-18)20-6-5-17(13-19(20)25(27,28)29)21-31-22(36-32-21)16-3-1-15(2-4-16)14-30-24(9-10-24)23(34)35/h1-6,13,18,30H,7-12,14H2,(H,34,35). The van der Waals surface area contributed by atoms with E-state index in [9.17, 15) is 27.5 Å². The lowest BCUT2D eigenvalue weighted by atomic mass is 10.0. The van der Waals surface area contributed by atoms with Crippen LogP contribution in [0.15, 0.2) is 47.0 Å². The van der Waals surface area contributed by atoms with Gasteiger partial charge >= 0.3 is 12.1 Å². The molecule has 7 nitrogen and oxygen atoms in total. The van der Waals surface area contributed by atoms with E-state index in [4.69, 9.17) is 4.52 Å². The van der Waals surface area contributed by atoms with Crippen molar-refractivity contribution in [1.82, 2.24) is 15.5 Å². The van der Waals surface area contributed by atoms with Crippen molar-refractivity contribution >= 4 is 11.7 Å². The lowest BCUT2D eigenvalue weighted by Crippen LogP contribution is -2.38. The fourth-order valence-electron chi connectivity index (χ4n) is 4.35. The van der Waals surface area contributed by atoms with E-state index < -0.39 is 29.4 Å². The summed E-state index contributed by atoms with van der Waals surface area (Å²) in [5.74, 6) is -0.688. The highest BCUT2D eigenvalue weighted by Gasteiger charge is 2.49. The molecule has 11 heteroatoms. The largest absolute Gasteiger partial charge is 0.480 e. The number of alkyl halides is 4. The van der Waals surface area contributed by atoms with Crippen LogP contribution in [-0.4, -0.2) is 46.0 Å². The quantitative estimate of drug-likeness (QED) is 0.434. The van der Waals surface area contributed by atoms with Crippen molar-refractivity contribution in [2.45, 2.75) is 50.1 Å². The predicted molar refractivity (Wildman–Crippen MR) is 123 cm³/mol. The zero-order valence-electron chi connectivity index (χ0n) is 19.2. The van der Waals surface area contributed by atoms with Gasteiger partial charge in [0.1, 0.15) is 11.7 Å². The molecule has 1 aromatic heterocycles. The van der Waals surface area contributed by atoms with Gasteiger partial charge in [-0.2, -0.15) is 18.2 Å². The lowest BCUT2D eigenvalue weighted by Gasteiger charge is -2.32. The SMILES string of the molecule is O=C(O)C1(NCc2ccc(-c3nc(-c4ccc(N5CCC(F)CC5)c(C(F)(F)F)c4)no3)cc2)CC1. The van der Waals surface area contributed by atoms with Gasteiger partial charge in [-0.15, -0.1) is 0 Å². The number of hydrogen-bond acceptors (Lipinski definition) is 6. The first-order chi connectivity index (χ1) is 17.1. The molecule has 0 atom stereocenters. The van der Waals surface area contributed by atoms with Crippen molar-refractivity contribution < 1.29 is 32.0 Å². The van der Waals surface area contributed by atoms with E-state index >= 15 is 0 Å². The number of nitrogens with one attached hydrogen (secondary N) is 1. The molecule has 3 aromatic rings. The highest BCUT2D eigenvalue weighted by molar-refractivity contribution is 5.82. The van der Waals surface area contributed by atoms with Gasteiger partial charge in [-0.05, 0) is 61.6 Å². The minimum Gasteiger partial charge on any atom is -0.480 e. The number of rotatable bonds is 7. The molecule has 190 valence electrons. The summed E-state index contributed by atoms with van der Waals surface area (Å²) in [4.78, 5) is 17.1. The zero-order chi connectivity index (χ0) is 25.5. The molecule has 1 aliphatic carbocycles. The number of aromatic nitrogens is 2. The Balaban J connectivity index is 1.33. The molecule has 0 spiro atoms. The first kappa shape index (κ1) is 24.2. The second-order valence-corrected chi connectivity index (χ2v) is 9.25. The molecular weight excluding hydrogens is 480 g/mol. The number of carbonyl (C=O) groups is 1. The summed E-state index contributed by atoms with van der Waals surface area (Å²) >= 11 is 0. The average molecular weight is 504 g/mol. The van der Waals surface area contributed by atoms with E-state index in [2.05, 4.69) is 15.5 Å². The first-order valence-corrected chi connectivity index (χ1v) is 11.7. The fourth-order valence-corrected chi connectivity index (χ4v) is 4.35. The van der Waals surface area contributed by atoms with Crippen LogP contribution in [0.4, 0.5) is 23.2 Å². The van der Waals surface area contributed by atoms with Crippen molar-refractivity contribution in [2.75, 3.05) is 18.0 Å². The summed E-state index contributed by atoms with van der Waals surface area (Å²) < 4.78 is 60.4. The van der Waals surface area contributed by atoms with Gasteiger partial charge in [0.15, 0.2) is 0 Å². The molecule has 2 fully saturated rings. The summed E-state index contributed by atoms with van der Waals surface area (Å²) in [6.45, 7) is 0.828. The minimum atomic E-state index is -4.60. The van der Waals surface area contributed by atoms with Crippen molar-refractivity contribution in [3.05, 3.63) is 53.6 Å². The average Bonchev–Trinajstić information content (AvgIpc) is 3.50. The molecule has 2 heterocycles. The van der Waals surface area contributed by atoms with Gasteiger partial charge in [-0.3, -0.25) is 10.1 Å². The summed E-state index contributed by atoms with van der Waals surface area (Å²) in [5.41, 5.74) is -0.0380. The third kappa shape index (κ3) is 4.92. The van der Waals surface area contributed by atoms with Gasteiger partial charge in [0.05, 0.1) is 5.56 Å². The molecule has 0 amide bonds. The van der Waals surface area contributed by atoms with E-state index in [0.29, 0.717) is 24.9 Å². The van der Waals surface area contributed by atoms with Crippen molar-refractivity contribution in [2.24, 2.45) is 0 Å². The minimum absolute atomic E-state index is 0.0157. The van der Waals surface area contributed by atoms with E-state index in [1.54, 1.807) is 29.2 Å². The van der Waals surface area contributed by atoms with Crippen LogP contribution in [0.5, 0.6) is 0 Å². The number of halogens is 4.